The third kappa shape index (κ3) is 3.63. The molecule has 18 heavy (non-hydrogen) atoms. The zero-order chi connectivity index (χ0) is 12.8. The van der Waals surface area contributed by atoms with Gasteiger partial charge in [0.25, 0.3) is 0 Å². The molecule has 0 bridgehead atoms. The molecule has 2 rings (SSSR count). The van der Waals surface area contributed by atoms with Crippen LogP contribution in [0.1, 0.15) is 11.1 Å². The van der Waals surface area contributed by atoms with E-state index >= 15 is 0 Å². The van der Waals surface area contributed by atoms with Gasteiger partial charge in [-0.1, -0.05) is 48.0 Å². The van der Waals surface area contributed by atoms with Crippen molar-refractivity contribution in [2.45, 2.75) is 13.3 Å². The van der Waals surface area contributed by atoms with Crippen molar-refractivity contribution < 1.29 is 14.6 Å². The summed E-state index contributed by atoms with van der Waals surface area (Å²) in [5.41, 5.74) is 2.02. The Bertz CT molecular complexity index is 503. The van der Waals surface area contributed by atoms with E-state index in [2.05, 4.69) is 0 Å². The van der Waals surface area contributed by atoms with Crippen molar-refractivity contribution >= 4 is 5.97 Å². The molecule has 0 saturated carbocycles. The van der Waals surface area contributed by atoms with Crippen molar-refractivity contribution in [1.82, 2.24) is 0 Å². The van der Waals surface area contributed by atoms with Gasteiger partial charge in [-0.05, 0) is 24.6 Å². The number of hydrogen-bond acceptors (Lipinski definition) is 3. The number of carbonyl (C=O) groups excluding carboxylic acids is 1. The Morgan fingerprint density at radius 2 is 1.67 bits per heavy atom. The second kappa shape index (κ2) is 5.87. The fourth-order valence-corrected chi connectivity index (χ4v) is 1.48. The molecule has 0 aliphatic carbocycles. The highest BCUT2D eigenvalue weighted by atomic mass is 17.2. The van der Waals surface area contributed by atoms with Gasteiger partial charge >= 0.3 is 5.97 Å². The van der Waals surface area contributed by atoms with Gasteiger partial charge in [0, 0.05) is 0 Å². The fraction of sp³-hybridized carbons (Fsp3) is 0.133. The van der Waals surface area contributed by atoms with Gasteiger partial charge in [-0.25, -0.2) is 4.79 Å². The predicted molar refractivity (Wildman–Crippen MR) is 68.0 cm³/mol. The van der Waals surface area contributed by atoms with Gasteiger partial charge in [-0.3, -0.25) is 9.78 Å². The lowest BCUT2D eigenvalue weighted by atomic mass is 10.2. The van der Waals surface area contributed by atoms with E-state index in [1.807, 2.05) is 49.4 Å². The summed E-state index contributed by atoms with van der Waals surface area (Å²) in [6.07, 6.45) is 0.201. The molecule has 3 nitrogen and oxygen atoms in total. The quantitative estimate of drug-likeness (QED) is 0.610. The van der Waals surface area contributed by atoms with Crippen LogP contribution >= 0.6 is 0 Å². The lowest BCUT2D eigenvalue weighted by Crippen LogP contribution is -2.10. The largest absolute Gasteiger partial charge is 0.359 e. The molecule has 0 fully saturated rings. The molecule has 0 radical (unpaired) electrons. The Hall–Kier alpha value is -2.29. The third-order valence-electron chi connectivity index (χ3n) is 2.44. The van der Waals surface area contributed by atoms with Crippen molar-refractivity contribution in [1.29, 1.82) is 0 Å². The molecular formula is C15H14O3. The minimum Gasteiger partial charge on any atom is -0.287 e. The van der Waals surface area contributed by atoms with Crippen LogP contribution in [0.4, 0.5) is 0 Å². The minimum absolute atomic E-state index is 0.201. The van der Waals surface area contributed by atoms with Crippen LogP contribution < -0.4 is 4.89 Å². The number of aryl methyl sites for hydroxylation is 1. The SMILES string of the molecule is Cc1ccc(OOC(=O)Cc2ccccc2)cc1. The summed E-state index contributed by atoms with van der Waals surface area (Å²) in [7, 11) is 0. The van der Waals surface area contributed by atoms with Crippen LogP contribution in [0.5, 0.6) is 5.75 Å². The standard InChI is InChI=1S/C15H14O3/c1-12-7-9-14(10-8-12)17-18-15(16)11-13-5-3-2-4-6-13/h2-10H,11H2,1H3. The lowest BCUT2D eigenvalue weighted by Gasteiger charge is -2.04. The van der Waals surface area contributed by atoms with Crippen LogP contribution in [0.25, 0.3) is 0 Å². The minimum atomic E-state index is -0.415. The second-order valence-corrected chi connectivity index (χ2v) is 4.01. The summed E-state index contributed by atoms with van der Waals surface area (Å²) in [5, 5.41) is 0. The molecule has 0 aromatic heterocycles. The topological polar surface area (TPSA) is 35.5 Å². The van der Waals surface area contributed by atoms with Gasteiger partial charge in [-0.15, -0.1) is 0 Å². The van der Waals surface area contributed by atoms with Gasteiger partial charge in [-0.2, -0.15) is 0 Å². The molecule has 0 spiro atoms. The first-order chi connectivity index (χ1) is 8.74. The summed E-state index contributed by atoms with van der Waals surface area (Å²) >= 11 is 0. The third-order valence-corrected chi connectivity index (χ3v) is 2.44. The molecule has 0 aliphatic rings. The number of hydrogen-bond donors (Lipinski definition) is 0. The van der Waals surface area contributed by atoms with Crippen LogP contribution in [-0.4, -0.2) is 5.97 Å². The highest BCUT2D eigenvalue weighted by Crippen LogP contribution is 2.12. The summed E-state index contributed by atoms with van der Waals surface area (Å²) in [4.78, 5) is 21.2. The zero-order valence-electron chi connectivity index (χ0n) is 10.1. The van der Waals surface area contributed by atoms with E-state index < -0.39 is 5.97 Å². The van der Waals surface area contributed by atoms with Crippen LogP contribution in [0.3, 0.4) is 0 Å². The smallest absolute Gasteiger partial charge is 0.287 e. The maximum Gasteiger partial charge on any atom is 0.359 e. The Morgan fingerprint density at radius 3 is 2.33 bits per heavy atom. The van der Waals surface area contributed by atoms with Crippen LogP contribution in [0, 0.1) is 6.92 Å². The van der Waals surface area contributed by atoms with E-state index in [1.54, 1.807) is 12.1 Å². The number of benzene rings is 2. The highest BCUT2D eigenvalue weighted by Gasteiger charge is 2.06. The summed E-state index contributed by atoms with van der Waals surface area (Å²) < 4.78 is 0. The normalized spacial score (nSPS) is 9.83. The first-order valence-corrected chi connectivity index (χ1v) is 5.72. The maximum absolute atomic E-state index is 11.5. The molecule has 0 heterocycles. The zero-order valence-corrected chi connectivity index (χ0v) is 10.1. The maximum atomic E-state index is 11.5. The van der Waals surface area contributed by atoms with E-state index in [-0.39, 0.29) is 6.42 Å². The molecule has 0 amide bonds. The van der Waals surface area contributed by atoms with Crippen LogP contribution in [-0.2, 0) is 16.1 Å². The summed E-state index contributed by atoms with van der Waals surface area (Å²) in [6.45, 7) is 1.98. The summed E-state index contributed by atoms with van der Waals surface area (Å²) in [5.74, 6) is 0.101. The van der Waals surface area contributed by atoms with E-state index in [0.717, 1.165) is 11.1 Å². The molecule has 0 aliphatic heterocycles. The number of carbonyl (C=O) groups is 1. The molecule has 92 valence electrons. The van der Waals surface area contributed by atoms with Gasteiger partial charge in [0.1, 0.15) is 0 Å². The molecular weight excluding hydrogens is 228 g/mol. The van der Waals surface area contributed by atoms with Gasteiger partial charge in [0.05, 0.1) is 6.42 Å². The average Bonchev–Trinajstić information content (AvgIpc) is 2.39. The Kier molecular flexibility index (Phi) is 3.97. The lowest BCUT2D eigenvalue weighted by molar-refractivity contribution is -0.212. The van der Waals surface area contributed by atoms with E-state index in [4.69, 9.17) is 9.78 Å². The van der Waals surface area contributed by atoms with Crippen LogP contribution in [0.15, 0.2) is 54.6 Å². The van der Waals surface area contributed by atoms with Crippen molar-refractivity contribution in [3.05, 3.63) is 65.7 Å². The Labute approximate surface area is 106 Å². The monoisotopic (exact) mass is 242 g/mol. The van der Waals surface area contributed by atoms with Gasteiger partial charge < -0.3 is 0 Å². The van der Waals surface area contributed by atoms with E-state index in [9.17, 15) is 4.79 Å². The van der Waals surface area contributed by atoms with Crippen molar-refractivity contribution in [2.24, 2.45) is 0 Å². The van der Waals surface area contributed by atoms with Gasteiger partial charge in [0.15, 0.2) is 5.75 Å². The molecule has 3 heteroatoms. The average molecular weight is 242 g/mol. The van der Waals surface area contributed by atoms with E-state index in [0.29, 0.717) is 5.75 Å². The molecule has 0 unspecified atom stereocenters. The highest BCUT2D eigenvalue weighted by molar-refractivity contribution is 5.72. The van der Waals surface area contributed by atoms with Crippen molar-refractivity contribution in [2.75, 3.05) is 0 Å². The predicted octanol–water partition coefficient (Wildman–Crippen LogP) is 3.07. The first-order valence-electron chi connectivity index (χ1n) is 5.72. The molecule has 2 aromatic rings. The Balaban J connectivity index is 1.83. The van der Waals surface area contributed by atoms with E-state index in [1.165, 1.54) is 0 Å². The van der Waals surface area contributed by atoms with Crippen molar-refractivity contribution in [3.8, 4) is 5.75 Å². The molecule has 2 aromatic carbocycles. The van der Waals surface area contributed by atoms with Gasteiger partial charge in [0.2, 0.25) is 0 Å². The summed E-state index contributed by atoms with van der Waals surface area (Å²) in [6, 6.07) is 16.7. The first kappa shape index (κ1) is 12.2. The Morgan fingerprint density at radius 1 is 1.00 bits per heavy atom. The van der Waals surface area contributed by atoms with Crippen molar-refractivity contribution in [3.63, 3.8) is 0 Å². The van der Waals surface area contributed by atoms with Crippen LogP contribution in [0.2, 0.25) is 0 Å². The molecule has 0 atom stereocenters. The molecule has 0 N–H and O–H groups in total. The second-order valence-electron chi connectivity index (χ2n) is 4.01. The number of rotatable bonds is 4. The fourth-order valence-electron chi connectivity index (χ4n) is 1.48. The molecule has 0 saturated heterocycles.